The van der Waals surface area contributed by atoms with Gasteiger partial charge in [-0.3, -0.25) is 57.7 Å². The fourth-order valence-electron chi connectivity index (χ4n) is 10.1. The van der Waals surface area contributed by atoms with Gasteiger partial charge in [0.1, 0.15) is 17.5 Å². The Labute approximate surface area is 499 Å². The number of carboxylic acid groups (broad SMARTS) is 4. The number of phenols is 2. The highest BCUT2D eigenvalue weighted by molar-refractivity contribution is 5.92. The van der Waals surface area contributed by atoms with Crippen molar-refractivity contribution in [3.63, 3.8) is 0 Å². The van der Waals surface area contributed by atoms with E-state index in [0.29, 0.717) is 62.2 Å². The molecule has 0 saturated carbocycles. The Balaban J connectivity index is 0.897. The van der Waals surface area contributed by atoms with Crippen LogP contribution in [0.4, 0.5) is 4.79 Å². The highest BCUT2D eigenvalue weighted by Crippen LogP contribution is 2.38. The second kappa shape index (κ2) is 36.5. The summed E-state index contributed by atoms with van der Waals surface area (Å²) >= 11 is 0. The Morgan fingerprint density at radius 2 is 1.15 bits per heavy atom. The number of carbonyl (C=O) groups excluding carboxylic acids is 4. The van der Waals surface area contributed by atoms with Crippen LogP contribution in [0, 0.1) is 5.92 Å². The highest BCUT2D eigenvalue weighted by atomic mass is 16.5. The van der Waals surface area contributed by atoms with Gasteiger partial charge in [-0.25, -0.2) is 4.79 Å². The van der Waals surface area contributed by atoms with E-state index in [0.717, 1.165) is 24.8 Å². The minimum atomic E-state index is -1.21. The summed E-state index contributed by atoms with van der Waals surface area (Å²) in [6.45, 7) is 9.38. The van der Waals surface area contributed by atoms with Crippen LogP contribution in [-0.4, -0.2) is 274 Å². The number of urea groups is 1. The lowest BCUT2D eigenvalue weighted by atomic mass is 9.90. The molecule has 2 aromatic carbocycles. The minimum absolute atomic E-state index is 0.0324. The molecule has 29 nitrogen and oxygen atoms in total. The number of piperidine rings is 1. The molecule has 10 N–H and O–H groups in total. The Morgan fingerprint density at radius 1 is 0.616 bits per heavy atom. The molecule has 1 unspecified atom stereocenters. The first-order chi connectivity index (χ1) is 41.2. The van der Waals surface area contributed by atoms with Crippen LogP contribution in [-0.2, 0) is 49.4 Å². The number of hydrogen-bond donors (Lipinski definition) is 10. The van der Waals surface area contributed by atoms with E-state index in [1.54, 1.807) is 37.2 Å². The molecule has 476 valence electrons. The van der Waals surface area contributed by atoms with Crippen LogP contribution in [0.2, 0.25) is 0 Å². The maximum atomic E-state index is 13.1. The quantitative estimate of drug-likeness (QED) is 0.0373. The first kappa shape index (κ1) is 69.2. The maximum Gasteiger partial charge on any atom is 0.320 e. The van der Waals surface area contributed by atoms with Gasteiger partial charge in [-0.15, -0.1) is 10.2 Å². The second-order valence-corrected chi connectivity index (χ2v) is 21.4. The summed E-state index contributed by atoms with van der Waals surface area (Å²) < 4.78 is 18.3. The Kier molecular flexibility index (Phi) is 29.3. The zero-order valence-electron chi connectivity index (χ0n) is 49.5. The van der Waals surface area contributed by atoms with E-state index in [1.807, 2.05) is 43.0 Å². The van der Waals surface area contributed by atoms with Crippen LogP contribution in [0.15, 0.2) is 36.4 Å². The SMILES string of the molecule is CCNC(=O)c1nnc(-c2cc(C(C)C)c(O)cc2O)n1-c1ccc(CC2CCN(C(=O)CCOCCOCCOCCNC(=O)NCCNC(=O)CCC(C(=O)O)N3CCN(CC(=O)O)CCN(CC(=O)O)CCN(CC(=O)O)CC3)CC2)cc1. The lowest BCUT2D eigenvalue weighted by Crippen LogP contribution is -2.52. The average molecular weight is 1210 g/mol. The van der Waals surface area contributed by atoms with Crippen molar-refractivity contribution in [3.05, 3.63) is 53.3 Å². The summed E-state index contributed by atoms with van der Waals surface area (Å²) in [4.78, 5) is 107. The maximum absolute atomic E-state index is 13.1. The van der Waals surface area contributed by atoms with E-state index in [4.69, 9.17) is 14.2 Å². The van der Waals surface area contributed by atoms with Crippen molar-refractivity contribution in [2.75, 3.05) is 151 Å². The van der Waals surface area contributed by atoms with Crippen LogP contribution in [0.3, 0.4) is 0 Å². The van der Waals surface area contributed by atoms with Gasteiger partial charge in [0.2, 0.25) is 17.6 Å². The highest BCUT2D eigenvalue weighted by Gasteiger charge is 2.30. The number of rotatable bonds is 33. The number of hydrogen-bond acceptors (Lipinski definition) is 19. The van der Waals surface area contributed by atoms with Crippen molar-refractivity contribution in [3.8, 4) is 28.6 Å². The number of aliphatic carboxylic acids is 4. The fourth-order valence-corrected chi connectivity index (χ4v) is 10.1. The molecular weight excluding hydrogens is 1120 g/mol. The zero-order chi connectivity index (χ0) is 62.5. The van der Waals surface area contributed by atoms with Crippen molar-refractivity contribution in [2.45, 2.75) is 71.3 Å². The Morgan fingerprint density at radius 3 is 1.70 bits per heavy atom. The molecule has 1 atom stereocenters. The molecule has 2 aliphatic rings. The smallest absolute Gasteiger partial charge is 0.320 e. The Bertz CT molecular complexity index is 2660. The third-order valence-corrected chi connectivity index (χ3v) is 14.7. The van der Waals surface area contributed by atoms with Gasteiger partial charge in [0.15, 0.2) is 5.82 Å². The molecule has 3 heterocycles. The number of amides is 5. The first-order valence-corrected chi connectivity index (χ1v) is 29.2. The molecule has 2 saturated heterocycles. The minimum Gasteiger partial charge on any atom is -0.508 e. The van der Waals surface area contributed by atoms with E-state index in [9.17, 15) is 69.0 Å². The number of aromatic hydroxyl groups is 2. The largest absolute Gasteiger partial charge is 0.508 e. The van der Waals surface area contributed by atoms with Gasteiger partial charge in [-0.05, 0) is 73.8 Å². The normalized spacial score (nSPS) is 15.7. The standard InChI is InChI=1S/C57H86N12O17/c1-4-58-55(80)54-63-62-53(44-34-43(39(2)3)46(70)35-47(44)71)69(54)42-7-5-40(6-8-42)33-41-11-17-68(18-12-41)49(73)13-27-84-29-31-86-32-30-85-28-16-61-57(83)60-15-14-59-48(72)10-9-45(56(81)82)67-25-23-65(37-51(76)77)21-19-64(36-50(74)75)20-22-66(24-26-67)38-52(78)79/h5-8,34-35,39,41,45,70-71H,4,9-33,36-38H2,1-3H3,(H,58,80)(H,59,72)(H,74,75)(H,76,77)(H,78,79)(H,81,82)(H2,60,61,83). The third-order valence-electron chi connectivity index (χ3n) is 14.7. The first-order valence-electron chi connectivity index (χ1n) is 29.2. The molecule has 0 bridgehead atoms. The zero-order valence-corrected chi connectivity index (χ0v) is 49.5. The number of likely N-dealkylation sites (tertiary alicyclic amines) is 1. The van der Waals surface area contributed by atoms with E-state index in [2.05, 4.69) is 31.5 Å². The third kappa shape index (κ3) is 23.7. The topological polar surface area (TPSA) is 381 Å². The van der Waals surface area contributed by atoms with Gasteiger partial charge in [-0.2, -0.15) is 0 Å². The fraction of sp³-hybridized carbons (Fsp3) is 0.614. The molecule has 29 heteroatoms. The van der Waals surface area contributed by atoms with Gasteiger partial charge in [0.25, 0.3) is 5.91 Å². The number of phenolic OH excluding ortho intramolecular Hbond substituents is 2. The van der Waals surface area contributed by atoms with Gasteiger partial charge in [0.05, 0.1) is 71.3 Å². The number of benzene rings is 2. The van der Waals surface area contributed by atoms with Gasteiger partial charge in [-0.1, -0.05) is 26.0 Å². The number of ether oxygens (including phenoxy) is 3. The van der Waals surface area contributed by atoms with Crippen LogP contribution < -0.4 is 21.3 Å². The molecule has 5 amide bonds. The number of nitrogens with one attached hydrogen (secondary N) is 4. The Hall–Kier alpha value is -7.54. The lowest BCUT2D eigenvalue weighted by molar-refractivity contribution is -0.145. The molecular formula is C57H86N12O17. The average Bonchev–Trinajstić information content (AvgIpc) is 1.71. The molecule has 0 radical (unpaired) electrons. The van der Waals surface area contributed by atoms with E-state index < -0.39 is 47.8 Å². The van der Waals surface area contributed by atoms with Crippen molar-refractivity contribution >= 4 is 47.6 Å². The monoisotopic (exact) mass is 1210 g/mol. The molecule has 0 aliphatic carbocycles. The van der Waals surface area contributed by atoms with Crippen molar-refractivity contribution in [1.82, 2.24) is 60.5 Å². The molecule has 2 aliphatic heterocycles. The number of carboxylic acids is 4. The second-order valence-electron chi connectivity index (χ2n) is 21.4. The number of carbonyl (C=O) groups is 8. The summed E-state index contributed by atoms with van der Waals surface area (Å²) in [5.41, 5.74) is 2.67. The van der Waals surface area contributed by atoms with E-state index in [1.165, 1.54) is 6.07 Å². The van der Waals surface area contributed by atoms with Crippen LogP contribution >= 0.6 is 0 Å². The summed E-state index contributed by atoms with van der Waals surface area (Å²) in [6.07, 6.45) is 2.48. The van der Waals surface area contributed by atoms with Crippen molar-refractivity contribution in [2.24, 2.45) is 5.92 Å². The molecule has 86 heavy (non-hydrogen) atoms. The van der Waals surface area contributed by atoms with Crippen LogP contribution in [0.1, 0.15) is 80.5 Å². The van der Waals surface area contributed by atoms with Crippen LogP contribution in [0.25, 0.3) is 17.1 Å². The molecule has 3 aromatic rings. The van der Waals surface area contributed by atoms with E-state index >= 15 is 0 Å². The summed E-state index contributed by atoms with van der Waals surface area (Å²) in [7, 11) is 0. The predicted molar refractivity (Wildman–Crippen MR) is 311 cm³/mol. The van der Waals surface area contributed by atoms with Gasteiger partial charge in [0, 0.05) is 110 Å². The summed E-state index contributed by atoms with van der Waals surface area (Å²) in [5.74, 6) is -4.96. The molecule has 1 aromatic heterocycles. The summed E-state index contributed by atoms with van der Waals surface area (Å²) in [5, 5.41) is 79.1. The lowest BCUT2D eigenvalue weighted by Gasteiger charge is -2.35. The molecule has 2 fully saturated rings. The number of aromatic nitrogens is 3. The van der Waals surface area contributed by atoms with Crippen LogP contribution in [0.5, 0.6) is 11.5 Å². The summed E-state index contributed by atoms with van der Waals surface area (Å²) in [6, 6.07) is 9.06. The predicted octanol–water partition coefficient (Wildman–Crippen LogP) is 0.564. The van der Waals surface area contributed by atoms with Crippen molar-refractivity contribution < 1.29 is 83.2 Å². The van der Waals surface area contributed by atoms with Gasteiger partial charge >= 0.3 is 29.9 Å². The van der Waals surface area contributed by atoms with E-state index in [-0.39, 0.29) is 166 Å². The van der Waals surface area contributed by atoms with Gasteiger partial charge < -0.3 is 71.0 Å². The number of nitrogens with zero attached hydrogens (tertiary/aromatic N) is 8. The van der Waals surface area contributed by atoms with Crippen molar-refractivity contribution in [1.29, 1.82) is 0 Å². The molecule has 0 spiro atoms. The molecule has 5 rings (SSSR count).